The van der Waals surface area contributed by atoms with Crippen LogP contribution in [0.2, 0.25) is 5.02 Å². The fourth-order valence-electron chi connectivity index (χ4n) is 12.8. The van der Waals surface area contributed by atoms with E-state index >= 15 is 0 Å². The highest BCUT2D eigenvalue weighted by Gasteiger charge is 2.78. The Bertz CT molecular complexity index is 1760. The van der Waals surface area contributed by atoms with Gasteiger partial charge in [0, 0.05) is 61.2 Å². The highest BCUT2D eigenvalue weighted by molar-refractivity contribution is 6.32. The molecule has 248 valence electrons. The van der Waals surface area contributed by atoms with E-state index in [0.29, 0.717) is 23.4 Å². The third-order valence-electron chi connectivity index (χ3n) is 15.3. The Morgan fingerprint density at radius 2 is 1.87 bits per heavy atom. The second kappa shape index (κ2) is 8.71. The summed E-state index contributed by atoms with van der Waals surface area (Å²) in [7, 11) is 0. The van der Waals surface area contributed by atoms with Gasteiger partial charge in [0.15, 0.2) is 6.29 Å². The van der Waals surface area contributed by atoms with Crippen molar-refractivity contribution in [1.29, 1.82) is 0 Å². The molecule has 4 fully saturated rings. The lowest BCUT2D eigenvalue weighted by Gasteiger charge is -2.70. The minimum atomic E-state index is -1.21. The molecule has 3 saturated carbocycles. The molecule has 2 aromatic rings. The summed E-state index contributed by atoms with van der Waals surface area (Å²) in [5.74, 6) is -0.0169. The van der Waals surface area contributed by atoms with Gasteiger partial charge in [-0.2, -0.15) is 0 Å². The van der Waals surface area contributed by atoms with Crippen LogP contribution in [0.15, 0.2) is 30.4 Å². The molecular weight excluding hydrogens is 602 g/mol. The summed E-state index contributed by atoms with van der Waals surface area (Å²) < 4.78 is 21.0. The number of hydrogen-bond acceptors (Lipinski definition) is 6. The van der Waals surface area contributed by atoms with Gasteiger partial charge in [0.05, 0.1) is 30.0 Å². The van der Waals surface area contributed by atoms with E-state index in [2.05, 4.69) is 52.8 Å². The maximum absolute atomic E-state index is 12.8. The first-order valence-electron chi connectivity index (χ1n) is 17.2. The molecule has 1 spiro atoms. The molecule has 4 N–H and O–H groups in total. The maximum atomic E-state index is 12.8. The van der Waals surface area contributed by atoms with Crippen LogP contribution in [0.4, 0.5) is 0 Å². The number of rotatable bonds is 2. The summed E-state index contributed by atoms with van der Waals surface area (Å²) in [6.07, 6.45) is 2.07. The molecule has 8 heteroatoms. The molecule has 2 bridgehead atoms. The van der Waals surface area contributed by atoms with Crippen LogP contribution in [0, 0.1) is 28.6 Å². The fraction of sp³-hybridized carbons (Fsp3) is 0.684. The Hall–Kier alpha value is -1.71. The third-order valence-corrected chi connectivity index (χ3v) is 15.6. The molecular formula is C38H48ClNO6. The van der Waals surface area contributed by atoms with Crippen LogP contribution in [-0.2, 0) is 31.6 Å². The number of ether oxygens (including phenoxy) is 3. The average molecular weight is 650 g/mol. The van der Waals surface area contributed by atoms with Crippen LogP contribution in [0.25, 0.3) is 10.9 Å². The number of benzene rings is 1. The summed E-state index contributed by atoms with van der Waals surface area (Å²) in [5.41, 5.74) is 2.50. The van der Waals surface area contributed by atoms with E-state index in [9.17, 15) is 15.3 Å². The minimum Gasteiger partial charge on any atom is -0.396 e. The lowest BCUT2D eigenvalue weighted by atomic mass is 9.38. The van der Waals surface area contributed by atoms with Crippen molar-refractivity contribution in [2.75, 3.05) is 6.61 Å². The van der Waals surface area contributed by atoms with E-state index < -0.39 is 45.4 Å². The molecule has 5 aliphatic carbocycles. The van der Waals surface area contributed by atoms with Gasteiger partial charge < -0.3 is 34.5 Å². The Kier molecular flexibility index (Phi) is 5.75. The summed E-state index contributed by atoms with van der Waals surface area (Å²) in [6.45, 7) is 21.4. The van der Waals surface area contributed by atoms with Crippen LogP contribution < -0.4 is 0 Å². The quantitative estimate of drug-likeness (QED) is 0.277. The number of nitrogens with one attached hydrogen (secondary N) is 1. The average Bonchev–Trinajstić information content (AvgIpc) is 3.42. The zero-order valence-corrected chi connectivity index (χ0v) is 28.7. The first-order chi connectivity index (χ1) is 21.5. The number of aromatic nitrogens is 1. The second-order valence-electron chi connectivity index (χ2n) is 17.2. The lowest BCUT2D eigenvalue weighted by Crippen LogP contribution is -2.75. The largest absolute Gasteiger partial charge is 0.396 e. The number of fused-ring (bicyclic) bond motifs is 5. The van der Waals surface area contributed by atoms with Crippen molar-refractivity contribution in [2.24, 2.45) is 28.6 Å². The highest BCUT2D eigenvalue weighted by atomic mass is 35.5. The van der Waals surface area contributed by atoms with Crippen molar-refractivity contribution in [2.45, 2.75) is 127 Å². The first-order valence-corrected chi connectivity index (χ1v) is 17.6. The number of H-pyrrole nitrogens is 1. The van der Waals surface area contributed by atoms with Gasteiger partial charge in [-0.1, -0.05) is 51.1 Å². The van der Waals surface area contributed by atoms with Crippen molar-refractivity contribution in [3.8, 4) is 0 Å². The summed E-state index contributed by atoms with van der Waals surface area (Å²) in [6, 6.07) is 2.04. The minimum absolute atomic E-state index is 0.0284. The van der Waals surface area contributed by atoms with Crippen LogP contribution in [0.3, 0.4) is 0 Å². The van der Waals surface area contributed by atoms with Crippen LogP contribution in [-0.4, -0.2) is 56.6 Å². The molecule has 2 aliphatic heterocycles. The topological polar surface area (TPSA) is 104 Å². The van der Waals surface area contributed by atoms with Gasteiger partial charge in [0.2, 0.25) is 0 Å². The molecule has 12 unspecified atom stereocenters. The monoisotopic (exact) mass is 649 g/mol. The molecule has 1 aromatic carbocycles. The van der Waals surface area contributed by atoms with Crippen molar-refractivity contribution < 1.29 is 29.5 Å². The normalized spacial score (nSPS) is 49.3. The second-order valence-corrected chi connectivity index (χ2v) is 17.6. The SMILES string of the molecule is C=C(C)C1OC2CCC3(C)C4(C)c5[nH]c6cc(Cl)c7c8c6c5C(OC(C)(C)C5CC(C(=C)C7)C85O)C4CCC3(OC1O)C2(C)CO. The number of aliphatic hydroxyl groups is 3. The van der Waals surface area contributed by atoms with Crippen LogP contribution >= 0.6 is 11.6 Å². The Balaban J connectivity index is 1.33. The predicted octanol–water partition coefficient (Wildman–Crippen LogP) is 6.50. The lowest BCUT2D eigenvalue weighted by molar-refractivity contribution is -0.326. The van der Waals surface area contributed by atoms with E-state index in [1.54, 1.807) is 0 Å². The maximum Gasteiger partial charge on any atom is 0.185 e. The van der Waals surface area contributed by atoms with Crippen LogP contribution in [0.1, 0.15) is 102 Å². The summed E-state index contributed by atoms with van der Waals surface area (Å²) in [5, 5.41) is 37.5. The van der Waals surface area contributed by atoms with Gasteiger partial charge in [-0.25, -0.2) is 0 Å². The number of aliphatic hydroxyl groups excluding tert-OH is 2. The van der Waals surface area contributed by atoms with Crippen molar-refractivity contribution in [3.63, 3.8) is 0 Å². The highest BCUT2D eigenvalue weighted by Crippen LogP contribution is 2.77. The van der Waals surface area contributed by atoms with Crippen LogP contribution in [0.5, 0.6) is 0 Å². The van der Waals surface area contributed by atoms with Gasteiger partial charge in [0.1, 0.15) is 11.7 Å². The standard InChI is InChI=1S/C38H48ClNO6/c1-17(2)29-32(42)46-37-12-9-20-30-27-26-23(40-31(27)36(20,8)35(37,7)11-10-25(44-29)34(37,6)16-41)15-22(39)19-13-18(3)21-14-24(33(4,5)45-30)38(21,43)28(19)26/h15,20-21,24-25,29-30,32,40-43H,1,3,9-14,16H2,2,4-8H3. The molecule has 1 aromatic heterocycles. The van der Waals surface area contributed by atoms with Gasteiger partial charge in [-0.15, -0.1) is 0 Å². The smallest absolute Gasteiger partial charge is 0.185 e. The fourth-order valence-corrected chi connectivity index (χ4v) is 13.1. The number of hydrogen-bond donors (Lipinski definition) is 4. The van der Waals surface area contributed by atoms with E-state index in [0.717, 1.165) is 64.5 Å². The first kappa shape index (κ1) is 30.4. The van der Waals surface area contributed by atoms with Crippen molar-refractivity contribution >= 4 is 22.5 Å². The van der Waals surface area contributed by atoms with Gasteiger partial charge in [0.25, 0.3) is 0 Å². The molecule has 12 atom stereocenters. The molecule has 0 amide bonds. The molecule has 9 rings (SSSR count). The van der Waals surface area contributed by atoms with Gasteiger partial charge in [-0.05, 0) is 82.1 Å². The Morgan fingerprint density at radius 1 is 1.13 bits per heavy atom. The molecule has 7 aliphatic rings. The van der Waals surface area contributed by atoms with Gasteiger partial charge in [-0.3, -0.25) is 0 Å². The molecule has 1 saturated heterocycles. The molecule has 7 nitrogen and oxygen atoms in total. The zero-order valence-electron chi connectivity index (χ0n) is 27.9. The predicted molar refractivity (Wildman–Crippen MR) is 175 cm³/mol. The van der Waals surface area contributed by atoms with Crippen molar-refractivity contribution in [3.05, 3.63) is 57.8 Å². The summed E-state index contributed by atoms with van der Waals surface area (Å²) >= 11 is 7.09. The number of halogens is 1. The van der Waals surface area contributed by atoms with Gasteiger partial charge >= 0.3 is 0 Å². The molecule has 3 heterocycles. The zero-order chi connectivity index (χ0) is 32.7. The summed E-state index contributed by atoms with van der Waals surface area (Å²) in [4.78, 5) is 3.91. The third kappa shape index (κ3) is 2.95. The van der Waals surface area contributed by atoms with E-state index in [4.69, 9.17) is 25.8 Å². The Labute approximate surface area is 276 Å². The molecule has 0 radical (unpaired) electrons. The van der Waals surface area contributed by atoms with E-state index in [1.807, 2.05) is 13.0 Å². The van der Waals surface area contributed by atoms with Crippen molar-refractivity contribution in [1.82, 2.24) is 4.98 Å². The molecule has 46 heavy (non-hydrogen) atoms. The van der Waals surface area contributed by atoms with E-state index in [1.165, 1.54) is 0 Å². The Morgan fingerprint density at radius 3 is 2.57 bits per heavy atom. The van der Waals surface area contributed by atoms with E-state index in [-0.39, 0.29) is 36.6 Å². The number of aromatic amines is 1.